The Balaban J connectivity index is 2.30. The molecule has 0 unspecified atom stereocenters. The van der Waals surface area contributed by atoms with Crippen LogP contribution in [0.15, 0.2) is 47.4 Å². The van der Waals surface area contributed by atoms with Gasteiger partial charge in [-0.15, -0.1) is 0 Å². The first kappa shape index (κ1) is 15.7. The second kappa shape index (κ2) is 6.00. The second-order valence-corrected chi connectivity index (χ2v) is 7.16. The Morgan fingerprint density at radius 3 is 2.10 bits per heavy atom. The van der Waals surface area contributed by atoms with Crippen molar-refractivity contribution in [3.05, 3.63) is 64.7 Å². The molecule has 0 amide bonds. The van der Waals surface area contributed by atoms with Gasteiger partial charge in [-0.1, -0.05) is 30.3 Å². The van der Waals surface area contributed by atoms with Crippen LogP contribution < -0.4 is 4.72 Å². The average Bonchev–Trinajstić information content (AvgIpc) is 2.43. The summed E-state index contributed by atoms with van der Waals surface area (Å²) in [6.07, 6.45) is 0. The normalized spacial score (nSPS) is 13.1. The zero-order chi connectivity index (χ0) is 15.6. The van der Waals surface area contributed by atoms with Crippen molar-refractivity contribution in [2.45, 2.75) is 38.6 Å². The van der Waals surface area contributed by atoms with Crippen molar-refractivity contribution in [3.8, 4) is 0 Å². The van der Waals surface area contributed by atoms with Gasteiger partial charge in [0.25, 0.3) is 0 Å². The molecule has 3 nitrogen and oxygen atoms in total. The second-order valence-electron chi connectivity index (χ2n) is 5.45. The first-order chi connectivity index (χ1) is 9.81. The predicted octanol–water partition coefficient (Wildman–Crippen LogP) is 3.65. The van der Waals surface area contributed by atoms with Gasteiger partial charge in [-0.25, -0.2) is 13.1 Å². The fraction of sp³-hybridized carbons (Fsp3) is 0.294. The highest BCUT2D eigenvalue weighted by molar-refractivity contribution is 7.89. The van der Waals surface area contributed by atoms with E-state index in [4.69, 9.17) is 0 Å². The molecule has 0 saturated carbocycles. The molecule has 1 atom stereocenters. The third kappa shape index (κ3) is 3.52. The van der Waals surface area contributed by atoms with Crippen LogP contribution in [-0.2, 0) is 10.0 Å². The van der Waals surface area contributed by atoms with E-state index >= 15 is 0 Å². The molecule has 0 heterocycles. The Bertz CT molecular complexity index is 737. The first-order valence-electron chi connectivity index (χ1n) is 6.96. The molecule has 0 fully saturated rings. The largest absolute Gasteiger partial charge is 0.241 e. The molecular weight excluding hydrogens is 282 g/mol. The van der Waals surface area contributed by atoms with Gasteiger partial charge in [0.2, 0.25) is 10.0 Å². The molecule has 1 N–H and O–H groups in total. The van der Waals surface area contributed by atoms with E-state index < -0.39 is 10.0 Å². The fourth-order valence-corrected chi connectivity index (χ4v) is 3.66. The van der Waals surface area contributed by atoms with Crippen LogP contribution in [0, 0.1) is 20.8 Å². The number of sulfonamides is 1. The van der Waals surface area contributed by atoms with Gasteiger partial charge < -0.3 is 0 Å². The van der Waals surface area contributed by atoms with Crippen molar-refractivity contribution in [3.63, 3.8) is 0 Å². The summed E-state index contributed by atoms with van der Waals surface area (Å²) in [4.78, 5) is 0.290. The lowest BCUT2D eigenvalue weighted by Gasteiger charge is -2.18. The van der Waals surface area contributed by atoms with Crippen molar-refractivity contribution in [2.24, 2.45) is 0 Å². The van der Waals surface area contributed by atoms with E-state index in [1.807, 2.05) is 20.8 Å². The molecule has 2 rings (SSSR count). The molecule has 2 aromatic rings. The van der Waals surface area contributed by atoms with E-state index in [-0.39, 0.29) is 6.04 Å². The summed E-state index contributed by atoms with van der Waals surface area (Å²) in [6, 6.07) is 12.3. The minimum atomic E-state index is -3.50. The highest BCUT2D eigenvalue weighted by atomic mass is 32.2. The van der Waals surface area contributed by atoms with Crippen molar-refractivity contribution < 1.29 is 8.42 Å². The van der Waals surface area contributed by atoms with Crippen LogP contribution in [0.25, 0.3) is 0 Å². The van der Waals surface area contributed by atoms with Gasteiger partial charge in [-0.05, 0) is 62.1 Å². The topological polar surface area (TPSA) is 46.2 Å². The number of hydrogen-bond acceptors (Lipinski definition) is 2. The molecule has 0 aromatic heterocycles. The summed E-state index contributed by atoms with van der Waals surface area (Å²) in [5.74, 6) is 0. The molecule has 4 heteroatoms. The van der Waals surface area contributed by atoms with Crippen molar-refractivity contribution in [2.75, 3.05) is 0 Å². The Labute approximate surface area is 127 Å². The Kier molecular flexibility index (Phi) is 4.49. The highest BCUT2D eigenvalue weighted by Gasteiger charge is 2.19. The third-order valence-electron chi connectivity index (χ3n) is 3.73. The van der Waals surface area contributed by atoms with Crippen LogP contribution in [0.5, 0.6) is 0 Å². The maximum Gasteiger partial charge on any atom is 0.241 e. The number of nitrogens with one attached hydrogen (secondary N) is 1. The zero-order valence-electron chi connectivity index (χ0n) is 12.8. The molecule has 0 aliphatic heterocycles. The number of hydrogen-bond donors (Lipinski definition) is 1. The van der Waals surface area contributed by atoms with Gasteiger partial charge in [0.05, 0.1) is 4.90 Å². The molecule has 0 aliphatic rings. The summed E-state index contributed by atoms with van der Waals surface area (Å²) in [5, 5.41) is 0. The van der Waals surface area contributed by atoms with Gasteiger partial charge >= 0.3 is 0 Å². The number of aryl methyl sites for hydroxylation is 3. The van der Waals surface area contributed by atoms with Crippen molar-refractivity contribution >= 4 is 10.0 Å². The van der Waals surface area contributed by atoms with Crippen LogP contribution in [-0.4, -0.2) is 8.42 Å². The molecule has 21 heavy (non-hydrogen) atoms. The van der Waals surface area contributed by atoms with E-state index in [2.05, 4.69) is 23.8 Å². The van der Waals surface area contributed by atoms with Gasteiger partial charge in [0.15, 0.2) is 0 Å². The summed E-state index contributed by atoms with van der Waals surface area (Å²) in [5.41, 5.74) is 4.50. The molecule has 0 bridgehead atoms. The van der Waals surface area contributed by atoms with Crippen LogP contribution in [0.4, 0.5) is 0 Å². The first-order valence-corrected chi connectivity index (χ1v) is 8.44. The van der Waals surface area contributed by atoms with E-state index in [1.54, 1.807) is 30.3 Å². The number of benzene rings is 2. The van der Waals surface area contributed by atoms with Gasteiger partial charge in [0, 0.05) is 6.04 Å². The summed E-state index contributed by atoms with van der Waals surface area (Å²) >= 11 is 0. The van der Waals surface area contributed by atoms with E-state index in [0.717, 1.165) is 11.1 Å². The van der Waals surface area contributed by atoms with Gasteiger partial charge in [0.1, 0.15) is 0 Å². The fourth-order valence-electron chi connectivity index (χ4n) is 2.41. The van der Waals surface area contributed by atoms with E-state index in [1.165, 1.54) is 11.1 Å². The SMILES string of the molecule is Cc1cc(C)c([C@H](C)NS(=O)(=O)c2ccccc2)cc1C. The maximum atomic E-state index is 12.4. The molecule has 2 aromatic carbocycles. The lowest BCUT2D eigenvalue weighted by atomic mass is 9.97. The van der Waals surface area contributed by atoms with Crippen molar-refractivity contribution in [1.82, 2.24) is 4.72 Å². The van der Waals surface area contributed by atoms with E-state index in [9.17, 15) is 8.42 Å². The van der Waals surface area contributed by atoms with Crippen LogP contribution in [0.2, 0.25) is 0 Å². The molecular formula is C17H21NO2S. The smallest absolute Gasteiger partial charge is 0.207 e. The Morgan fingerprint density at radius 2 is 1.48 bits per heavy atom. The minimum absolute atomic E-state index is 0.269. The van der Waals surface area contributed by atoms with Crippen LogP contribution >= 0.6 is 0 Å². The molecule has 0 saturated heterocycles. The predicted molar refractivity (Wildman–Crippen MR) is 85.8 cm³/mol. The standard InChI is InChI=1S/C17H21NO2S/c1-12-10-14(3)17(11-13(12)2)15(4)18-21(19,20)16-8-6-5-7-9-16/h5-11,15,18H,1-4H3/t15-/m0/s1. The van der Waals surface area contributed by atoms with E-state index in [0.29, 0.717) is 4.90 Å². The average molecular weight is 303 g/mol. The maximum absolute atomic E-state index is 12.4. The number of rotatable bonds is 4. The Morgan fingerprint density at radius 1 is 0.905 bits per heavy atom. The van der Waals surface area contributed by atoms with Gasteiger partial charge in [-0.3, -0.25) is 0 Å². The molecule has 0 spiro atoms. The van der Waals surface area contributed by atoms with Crippen LogP contribution in [0.3, 0.4) is 0 Å². The Hall–Kier alpha value is -1.65. The minimum Gasteiger partial charge on any atom is -0.207 e. The lowest BCUT2D eigenvalue weighted by molar-refractivity contribution is 0.566. The molecule has 0 radical (unpaired) electrons. The zero-order valence-corrected chi connectivity index (χ0v) is 13.7. The summed E-state index contributed by atoms with van der Waals surface area (Å²) in [6.45, 7) is 7.98. The molecule has 112 valence electrons. The summed E-state index contributed by atoms with van der Waals surface area (Å²) in [7, 11) is -3.50. The van der Waals surface area contributed by atoms with Crippen molar-refractivity contribution in [1.29, 1.82) is 0 Å². The lowest BCUT2D eigenvalue weighted by Crippen LogP contribution is -2.27. The molecule has 0 aliphatic carbocycles. The van der Waals surface area contributed by atoms with Crippen LogP contribution in [0.1, 0.15) is 35.2 Å². The quantitative estimate of drug-likeness (QED) is 0.937. The third-order valence-corrected chi connectivity index (χ3v) is 5.29. The summed E-state index contributed by atoms with van der Waals surface area (Å²) < 4.78 is 27.5. The highest BCUT2D eigenvalue weighted by Crippen LogP contribution is 2.23. The monoisotopic (exact) mass is 303 g/mol. The van der Waals surface area contributed by atoms with Gasteiger partial charge in [-0.2, -0.15) is 0 Å².